The lowest BCUT2D eigenvalue weighted by Gasteiger charge is -2.09. The second kappa shape index (κ2) is 6.80. The molecule has 0 aliphatic heterocycles. The van der Waals surface area contributed by atoms with Crippen molar-refractivity contribution in [1.29, 1.82) is 5.26 Å². The SMILES string of the molecule is Cc1cc(-c2ncn(/C=C(/C#N)c3cccnc3)n2)cc(C(F)(F)F)c1. The van der Waals surface area contributed by atoms with Crippen LogP contribution in [0.1, 0.15) is 16.7 Å². The number of aromatic nitrogens is 4. The zero-order chi connectivity index (χ0) is 18.7. The van der Waals surface area contributed by atoms with Gasteiger partial charge in [0.25, 0.3) is 0 Å². The number of halogens is 3. The molecule has 0 saturated heterocycles. The van der Waals surface area contributed by atoms with E-state index in [1.54, 1.807) is 31.3 Å². The molecule has 130 valence electrons. The number of alkyl halides is 3. The predicted octanol–water partition coefficient (Wildman–Crippen LogP) is 4.19. The minimum atomic E-state index is -4.45. The number of rotatable bonds is 3. The van der Waals surface area contributed by atoms with Gasteiger partial charge >= 0.3 is 6.18 Å². The maximum absolute atomic E-state index is 13.0. The third-order valence-electron chi connectivity index (χ3n) is 3.53. The van der Waals surface area contributed by atoms with Gasteiger partial charge in [0.15, 0.2) is 5.82 Å². The molecular formula is C18H12F3N5. The van der Waals surface area contributed by atoms with Gasteiger partial charge in [-0.25, -0.2) is 9.67 Å². The van der Waals surface area contributed by atoms with Gasteiger partial charge in [-0.05, 0) is 36.8 Å². The van der Waals surface area contributed by atoms with Gasteiger partial charge in [-0.2, -0.15) is 18.4 Å². The number of benzene rings is 1. The van der Waals surface area contributed by atoms with Gasteiger partial charge in [0.2, 0.25) is 0 Å². The topological polar surface area (TPSA) is 67.4 Å². The second-order valence-corrected chi connectivity index (χ2v) is 5.53. The average Bonchev–Trinajstić information content (AvgIpc) is 3.08. The van der Waals surface area contributed by atoms with Crippen LogP contribution < -0.4 is 0 Å². The van der Waals surface area contributed by atoms with Crippen LogP contribution in [0.5, 0.6) is 0 Å². The maximum Gasteiger partial charge on any atom is 0.416 e. The van der Waals surface area contributed by atoms with Crippen LogP contribution in [0, 0.1) is 18.3 Å². The van der Waals surface area contributed by atoms with Crippen molar-refractivity contribution in [3.05, 3.63) is 65.7 Å². The minimum Gasteiger partial charge on any atom is -0.264 e. The fraction of sp³-hybridized carbons (Fsp3) is 0.111. The standard InChI is InChI=1S/C18H12F3N5/c1-12-5-14(7-16(6-12)18(19,20)21)17-24-11-26(25-17)10-15(8-22)13-3-2-4-23-9-13/h2-7,9-11H,1H3/b15-10-. The van der Waals surface area contributed by atoms with Crippen molar-refractivity contribution in [1.82, 2.24) is 19.7 Å². The molecule has 0 spiro atoms. The highest BCUT2D eigenvalue weighted by Crippen LogP contribution is 2.32. The molecule has 0 radical (unpaired) electrons. The molecule has 0 fully saturated rings. The molecule has 0 unspecified atom stereocenters. The average molecular weight is 355 g/mol. The van der Waals surface area contributed by atoms with Crippen molar-refractivity contribution in [3.63, 3.8) is 0 Å². The third kappa shape index (κ3) is 3.78. The predicted molar refractivity (Wildman–Crippen MR) is 89.2 cm³/mol. The molecule has 2 heterocycles. The van der Waals surface area contributed by atoms with Crippen molar-refractivity contribution in [2.75, 3.05) is 0 Å². The van der Waals surface area contributed by atoms with Crippen LogP contribution in [0.2, 0.25) is 0 Å². The van der Waals surface area contributed by atoms with Gasteiger partial charge in [-0.1, -0.05) is 6.07 Å². The first-order valence-electron chi connectivity index (χ1n) is 7.49. The Kier molecular flexibility index (Phi) is 4.54. The van der Waals surface area contributed by atoms with E-state index in [4.69, 9.17) is 0 Å². The summed E-state index contributed by atoms with van der Waals surface area (Å²) in [5.74, 6) is 0.138. The Morgan fingerprint density at radius 3 is 2.73 bits per heavy atom. The summed E-state index contributed by atoms with van der Waals surface area (Å²) in [6.45, 7) is 1.58. The molecular weight excluding hydrogens is 343 g/mol. The van der Waals surface area contributed by atoms with Crippen LogP contribution in [0.15, 0.2) is 49.1 Å². The zero-order valence-electron chi connectivity index (χ0n) is 13.6. The molecule has 0 saturated carbocycles. The molecule has 8 heteroatoms. The van der Waals surface area contributed by atoms with Crippen LogP contribution in [0.25, 0.3) is 23.2 Å². The number of nitriles is 1. The van der Waals surface area contributed by atoms with Gasteiger partial charge < -0.3 is 0 Å². The van der Waals surface area contributed by atoms with E-state index < -0.39 is 11.7 Å². The van der Waals surface area contributed by atoms with Crippen molar-refractivity contribution in [2.45, 2.75) is 13.1 Å². The van der Waals surface area contributed by atoms with Crippen LogP contribution in [0.4, 0.5) is 13.2 Å². The summed E-state index contributed by atoms with van der Waals surface area (Å²) in [4.78, 5) is 7.99. The summed E-state index contributed by atoms with van der Waals surface area (Å²) in [5.41, 5.74) is 0.850. The van der Waals surface area contributed by atoms with E-state index in [9.17, 15) is 18.4 Å². The van der Waals surface area contributed by atoms with E-state index in [1.165, 1.54) is 23.4 Å². The first kappa shape index (κ1) is 17.4. The number of allylic oxidation sites excluding steroid dienone is 1. The Hall–Kier alpha value is -3.47. The summed E-state index contributed by atoms with van der Waals surface area (Å²) in [5, 5.41) is 13.4. The molecule has 0 amide bonds. The van der Waals surface area contributed by atoms with E-state index in [0.717, 1.165) is 12.1 Å². The van der Waals surface area contributed by atoms with E-state index >= 15 is 0 Å². The summed E-state index contributed by atoms with van der Waals surface area (Å²) < 4.78 is 40.2. The van der Waals surface area contributed by atoms with Crippen molar-refractivity contribution < 1.29 is 13.2 Å². The van der Waals surface area contributed by atoms with Crippen LogP contribution in [-0.4, -0.2) is 19.7 Å². The quantitative estimate of drug-likeness (QED) is 0.661. The number of pyridine rings is 1. The Morgan fingerprint density at radius 2 is 2.08 bits per heavy atom. The molecule has 0 aliphatic carbocycles. The largest absolute Gasteiger partial charge is 0.416 e. The molecule has 3 rings (SSSR count). The van der Waals surface area contributed by atoms with Crippen LogP contribution in [-0.2, 0) is 6.18 Å². The summed E-state index contributed by atoms with van der Waals surface area (Å²) in [7, 11) is 0. The van der Waals surface area contributed by atoms with Crippen molar-refractivity contribution in [2.24, 2.45) is 0 Å². The zero-order valence-corrected chi connectivity index (χ0v) is 13.6. The molecule has 5 nitrogen and oxygen atoms in total. The maximum atomic E-state index is 13.0. The van der Waals surface area contributed by atoms with Crippen LogP contribution >= 0.6 is 0 Å². The number of nitrogens with zero attached hydrogens (tertiary/aromatic N) is 5. The number of hydrogen-bond acceptors (Lipinski definition) is 4. The first-order chi connectivity index (χ1) is 12.4. The van der Waals surface area contributed by atoms with Crippen molar-refractivity contribution >= 4 is 11.8 Å². The summed E-state index contributed by atoms with van der Waals surface area (Å²) >= 11 is 0. The minimum absolute atomic E-state index is 0.138. The highest BCUT2D eigenvalue weighted by molar-refractivity contribution is 5.84. The molecule has 0 atom stereocenters. The Morgan fingerprint density at radius 1 is 1.27 bits per heavy atom. The molecule has 0 aliphatic rings. The van der Waals surface area contributed by atoms with Crippen molar-refractivity contribution in [3.8, 4) is 17.5 Å². The summed E-state index contributed by atoms with van der Waals surface area (Å²) in [6.07, 6.45) is 1.44. The fourth-order valence-electron chi connectivity index (χ4n) is 2.37. The van der Waals surface area contributed by atoms with E-state index in [2.05, 4.69) is 15.1 Å². The molecule has 2 aromatic heterocycles. The molecule has 3 aromatic rings. The van der Waals surface area contributed by atoms with Crippen LogP contribution in [0.3, 0.4) is 0 Å². The van der Waals surface area contributed by atoms with E-state index in [-0.39, 0.29) is 11.4 Å². The van der Waals surface area contributed by atoms with E-state index in [1.807, 2.05) is 6.07 Å². The first-order valence-corrected chi connectivity index (χ1v) is 7.49. The second-order valence-electron chi connectivity index (χ2n) is 5.53. The lowest BCUT2D eigenvalue weighted by atomic mass is 10.1. The van der Waals surface area contributed by atoms with Gasteiger partial charge in [-0.3, -0.25) is 4.98 Å². The molecule has 1 aromatic carbocycles. The van der Waals surface area contributed by atoms with Gasteiger partial charge in [0, 0.05) is 29.7 Å². The molecule has 0 bridgehead atoms. The number of hydrogen-bond donors (Lipinski definition) is 0. The fourth-order valence-corrected chi connectivity index (χ4v) is 2.37. The third-order valence-corrected chi connectivity index (χ3v) is 3.53. The Labute approximate surface area is 147 Å². The Bertz CT molecular complexity index is 998. The molecule has 26 heavy (non-hydrogen) atoms. The van der Waals surface area contributed by atoms with E-state index in [0.29, 0.717) is 16.7 Å². The Balaban J connectivity index is 1.97. The number of aryl methyl sites for hydroxylation is 1. The molecule has 0 N–H and O–H groups in total. The summed E-state index contributed by atoms with van der Waals surface area (Å²) in [6, 6.07) is 9.09. The lowest BCUT2D eigenvalue weighted by Crippen LogP contribution is -2.05. The van der Waals surface area contributed by atoms with Gasteiger partial charge in [0.1, 0.15) is 12.4 Å². The normalized spacial score (nSPS) is 12.0. The highest BCUT2D eigenvalue weighted by Gasteiger charge is 2.31. The van der Waals surface area contributed by atoms with Gasteiger partial charge in [0.05, 0.1) is 11.1 Å². The van der Waals surface area contributed by atoms with Gasteiger partial charge in [-0.15, -0.1) is 5.10 Å². The highest BCUT2D eigenvalue weighted by atomic mass is 19.4. The smallest absolute Gasteiger partial charge is 0.264 e. The lowest BCUT2D eigenvalue weighted by molar-refractivity contribution is -0.137. The monoisotopic (exact) mass is 355 g/mol.